The largest absolute Gasteiger partial charge is 0.386 e. The van der Waals surface area contributed by atoms with E-state index in [0.29, 0.717) is 6.42 Å². The van der Waals surface area contributed by atoms with Gasteiger partial charge in [-0.1, -0.05) is 43.3 Å². The van der Waals surface area contributed by atoms with E-state index in [0.717, 1.165) is 5.56 Å². The van der Waals surface area contributed by atoms with E-state index in [1.807, 2.05) is 44.2 Å². The second kappa shape index (κ2) is 7.10. The van der Waals surface area contributed by atoms with Crippen LogP contribution in [0.4, 0.5) is 0 Å². The van der Waals surface area contributed by atoms with Gasteiger partial charge in [0.25, 0.3) is 0 Å². The number of rotatable bonds is 6. The second-order valence-electron chi connectivity index (χ2n) is 4.97. The van der Waals surface area contributed by atoms with Gasteiger partial charge in [-0.25, -0.2) is 0 Å². The molecular weight excluding hydrogens is 238 g/mol. The third kappa shape index (κ3) is 3.93. The summed E-state index contributed by atoms with van der Waals surface area (Å²) in [6.07, 6.45) is 1.72. The van der Waals surface area contributed by atoms with Crippen molar-refractivity contribution in [3.63, 3.8) is 0 Å². The van der Waals surface area contributed by atoms with E-state index in [4.69, 9.17) is 0 Å². The fourth-order valence-electron chi connectivity index (χ4n) is 2.04. The number of aliphatic hydroxyl groups is 1. The van der Waals surface area contributed by atoms with Crippen LogP contribution in [0.1, 0.15) is 31.9 Å². The highest BCUT2D eigenvalue weighted by molar-refractivity contribution is 5.78. The molecule has 3 heteroatoms. The average molecular weight is 261 g/mol. The molecule has 104 valence electrons. The third-order valence-corrected chi connectivity index (χ3v) is 3.50. The van der Waals surface area contributed by atoms with Gasteiger partial charge < -0.3 is 10.0 Å². The monoisotopic (exact) mass is 261 g/mol. The molecule has 0 aliphatic rings. The highest BCUT2D eigenvalue weighted by atomic mass is 16.3. The number of carbonyl (C=O) groups excluding carboxylic acids is 1. The molecule has 0 saturated carbocycles. The van der Waals surface area contributed by atoms with Gasteiger partial charge in [-0.2, -0.15) is 0 Å². The molecule has 3 atom stereocenters. The summed E-state index contributed by atoms with van der Waals surface area (Å²) in [6, 6.07) is 9.14. The molecule has 0 heterocycles. The fraction of sp³-hybridized carbons (Fsp3) is 0.438. The van der Waals surface area contributed by atoms with Crippen LogP contribution >= 0.6 is 0 Å². The van der Waals surface area contributed by atoms with Crippen molar-refractivity contribution in [3.05, 3.63) is 48.6 Å². The van der Waals surface area contributed by atoms with Crippen molar-refractivity contribution in [1.29, 1.82) is 0 Å². The van der Waals surface area contributed by atoms with Crippen LogP contribution in [0.25, 0.3) is 0 Å². The van der Waals surface area contributed by atoms with Crippen molar-refractivity contribution < 1.29 is 9.90 Å². The smallest absolute Gasteiger partial charge is 0.225 e. The van der Waals surface area contributed by atoms with Gasteiger partial charge in [-0.3, -0.25) is 4.79 Å². The Morgan fingerprint density at radius 1 is 1.37 bits per heavy atom. The Labute approximate surface area is 115 Å². The number of aliphatic hydroxyl groups excluding tert-OH is 1. The Balaban J connectivity index is 2.73. The Kier molecular flexibility index (Phi) is 5.77. The average Bonchev–Trinajstić information content (AvgIpc) is 2.45. The number of hydrogen-bond donors (Lipinski definition) is 1. The van der Waals surface area contributed by atoms with Crippen molar-refractivity contribution in [3.8, 4) is 0 Å². The number of hydrogen-bond acceptors (Lipinski definition) is 2. The number of amides is 1. The lowest BCUT2D eigenvalue weighted by Crippen LogP contribution is -2.41. The van der Waals surface area contributed by atoms with Crippen molar-refractivity contribution in [2.75, 3.05) is 7.05 Å². The topological polar surface area (TPSA) is 40.5 Å². The van der Waals surface area contributed by atoms with E-state index >= 15 is 0 Å². The number of benzene rings is 1. The van der Waals surface area contributed by atoms with Gasteiger partial charge in [-0.15, -0.1) is 6.58 Å². The number of carbonyl (C=O) groups is 1. The lowest BCUT2D eigenvalue weighted by atomic mass is 10.0. The van der Waals surface area contributed by atoms with Crippen LogP contribution in [-0.4, -0.2) is 29.0 Å². The maximum Gasteiger partial charge on any atom is 0.225 e. The minimum atomic E-state index is -0.675. The molecule has 1 aromatic rings. The van der Waals surface area contributed by atoms with E-state index in [1.54, 1.807) is 18.0 Å². The lowest BCUT2D eigenvalue weighted by Gasteiger charge is -2.31. The molecule has 0 saturated heterocycles. The van der Waals surface area contributed by atoms with Crippen LogP contribution in [-0.2, 0) is 4.79 Å². The number of nitrogens with zero attached hydrogens (tertiary/aromatic N) is 1. The zero-order valence-electron chi connectivity index (χ0n) is 11.9. The standard InChI is InChI=1S/C16H23NO2/c1-5-9-12(2)16(19)17(4)13(3)15(18)14-10-7-6-8-11-14/h5-8,10-13,15,18H,1,9H2,2-4H3/t12?,13-,15-/m0/s1. The highest BCUT2D eigenvalue weighted by Gasteiger charge is 2.26. The molecule has 0 aromatic heterocycles. The van der Waals surface area contributed by atoms with Crippen LogP contribution in [0.2, 0.25) is 0 Å². The van der Waals surface area contributed by atoms with Crippen LogP contribution in [0.15, 0.2) is 43.0 Å². The summed E-state index contributed by atoms with van der Waals surface area (Å²) >= 11 is 0. The molecule has 1 amide bonds. The third-order valence-electron chi connectivity index (χ3n) is 3.50. The zero-order chi connectivity index (χ0) is 14.4. The van der Waals surface area contributed by atoms with E-state index in [2.05, 4.69) is 6.58 Å². The molecule has 0 aliphatic carbocycles. The van der Waals surface area contributed by atoms with Gasteiger partial charge >= 0.3 is 0 Å². The molecular formula is C16H23NO2. The van der Waals surface area contributed by atoms with Crippen LogP contribution in [0.5, 0.6) is 0 Å². The molecule has 0 bridgehead atoms. The summed E-state index contributed by atoms with van der Waals surface area (Å²) in [5, 5.41) is 10.3. The first-order valence-corrected chi connectivity index (χ1v) is 6.59. The fourth-order valence-corrected chi connectivity index (χ4v) is 2.04. The van der Waals surface area contributed by atoms with Crippen LogP contribution < -0.4 is 0 Å². The summed E-state index contributed by atoms with van der Waals surface area (Å²) in [5.41, 5.74) is 0.825. The number of likely N-dealkylation sites (N-methyl/N-ethyl adjacent to an activating group) is 1. The molecule has 19 heavy (non-hydrogen) atoms. The van der Waals surface area contributed by atoms with E-state index in [1.165, 1.54) is 0 Å². The quantitative estimate of drug-likeness (QED) is 0.800. The molecule has 3 nitrogen and oxygen atoms in total. The van der Waals surface area contributed by atoms with Gasteiger partial charge in [0, 0.05) is 13.0 Å². The Hall–Kier alpha value is -1.61. The lowest BCUT2D eigenvalue weighted by molar-refractivity contribution is -0.137. The first kappa shape index (κ1) is 15.4. The molecule has 0 spiro atoms. The molecule has 1 rings (SSSR count). The van der Waals surface area contributed by atoms with E-state index < -0.39 is 6.10 Å². The first-order chi connectivity index (χ1) is 8.99. The number of allylic oxidation sites excluding steroid dienone is 1. The minimum Gasteiger partial charge on any atom is -0.386 e. The maximum absolute atomic E-state index is 12.2. The second-order valence-corrected chi connectivity index (χ2v) is 4.97. The molecule has 1 N–H and O–H groups in total. The summed E-state index contributed by atoms with van der Waals surface area (Å²) in [7, 11) is 1.73. The predicted molar refractivity (Wildman–Crippen MR) is 77.6 cm³/mol. The summed E-state index contributed by atoms with van der Waals surface area (Å²) in [6.45, 7) is 7.38. The van der Waals surface area contributed by atoms with Crippen molar-refractivity contribution in [2.45, 2.75) is 32.4 Å². The molecule has 0 aliphatic heterocycles. The van der Waals surface area contributed by atoms with Crippen LogP contribution in [0.3, 0.4) is 0 Å². The van der Waals surface area contributed by atoms with Gasteiger partial charge in [0.1, 0.15) is 0 Å². The SMILES string of the molecule is C=CCC(C)C(=O)N(C)[C@@H](C)[C@H](O)c1ccccc1. The molecule has 1 unspecified atom stereocenters. The normalized spacial score (nSPS) is 15.4. The molecule has 1 aromatic carbocycles. The van der Waals surface area contributed by atoms with Crippen molar-refractivity contribution in [1.82, 2.24) is 4.90 Å². The Morgan fingerprint density at radius 3 is 2.47 bits per heavy atom. The Bertz CT molecular complexity index is 416. The van der Waals surface area contributed by atoms with E-state index in [-0.39, 0.29) is 17.9 Å². The van der Waals surface area contributed by atoms with Gasteiger partial charge in [0.2, 0.25) is 5.91 Å². The van der Waals surface area contributed by atoms with Crippen molar-refractivity contribution in [2.24, 2.45) is 5.92 Å². The van der Waals surface area contributed by atoms with E-state index in [9.17, 15) is 9.90 Å². The minimum absolute atomic E-state index is 0.0300. The van der Waals surface area contributed by atoms with Crippen LogP contribution in [0, 0.1) is 5.92 Å². The van der Waals surface area contributed by atoms with Gasteiger partial charge in [-0.05, 0) is 18.9 Å². The van der Waals surface area contributed by atoms with Crippen molar-refractivity contribution >= 4 is 5.91 Å². The molecule has 0 fully saturated rings. The maximum atomic E-state index is 12.2. The summed E-state index contributed by atoms with van der Waals surface area (Å²) in [5.74, 6) is -0.0738. The zero-order valence-corrected chi connectivity index (χ0v) is 11.9. The van der Waals surface area contributed by atoms with Gasteiger partial charge in [0.05, 0.1) is 12.1 Å². The predicted octanol–water partition coefficient (Wildman–Crippen LogP) is 2.78. The molecule has 0 radical (unpaired) electrons. The summed E-state index contributed by atoms with van der Waals surface area (Å²) < 4.78 is 0. The first-order valence-electron chi connectivity index (χ1n) is 6.59. The van der Waals surface area contributed by atoms with Gasteiger partial charge in [0.15, 0.2) is 0 Å². The summed E-state index contributed by atoms with van der Waals surface area (Å²) in [4.78, 5) is 13.8. The Morgan fingerprint density at radius 2 is 1.95 bits per heavy atom. The highest BCUT2D eigenvalue weighted by Crippen LogP contribution is 2.21.